The lowest BCUT2D eigenvalue weighted by molar-refractivity contribution is -0.150. The average Bonchev–Trinajstić information content (AvgIpc) is 2.35. The highest BCUT2D eigenvalue weighted by Crippen LogP contribution is 2.29. The molecule has 0 aliphatic rings. The van der Waals surface area contributed by atoms with Crippen molar-refractivity contribution in [2.75, 3.05) is 7.11 Å². The Morgan fingerprint density at radius 2 is 2.18 bits per heavy atom. The Balaban J connectivity index is 3.00. The zero-order valence-corrected chi connectivity index (χ0v) is 11.8. The molecule has 1 aromatic carbocycles. The predicted molar refractivity (Wildman–Crippen MR) is 69.8 cm³/mol. The Hall–Kier alpha value is -0.870. The topological polar surface area (TPSA) is 46.5 Å². The van der Waals surface area contributed by atoms with Gasteiger partial charge in [0.25, 0.3) is 0 Å². The summed E-state index contributed by atoms with van der Waals surface area (Å²) in [4.78, 5) is 11.2. The SMILES string of the molecule is CCC(C)c1ccc(C(O)C(=O)OC)cc1Br. The zero-order chi connectivity index (χ0) is 13.0. The van der Waals surface area contributed by atoms with E-state index in [0.717, 1.165) is 10.9 Å². The smallest absolute Gasteiger partial charge is 0.339 e. The van der Waals surface area contributed by atoms with Gasteiger partial charge in [-0.15, -0.1) is 0 Å². The minimum atomic E-state index is -1.22. The van der Waals surface area contributed by atoms with E-state index < -0.39 is 12.1 Å². The van der Waals surface area contributed by atoms with Gasteiger partial charge in [0.05, 0.1) is 7.11 Å². The van der Waals surface area contributed by atoms with Gasteiger partial charge in [0.15, 0.2) is 6.10 Å². The molecule has 0 spiro atoms. The molecule has 0 saturated carbocycles. The predicted octanol–water partition coefficient (Wildman–Crippen LogP) is 3.17. The second-order valence-electron chi connectivity index (χ2n) is 4.02. The number of rotatable bonds is 4. The van der Waals surface area contributed by atoms with Crippen LogP contribution in [0.2, 0.25) is 0 Å². The third kappa shape index (κ3) is 3.30. The van der Waals surface area contributed by atoms with Crippen molar-refractivity contribution in [3.8, 4) is 0 Å². The molecule has 1 rings (SSSR count). The van der Waals surface area contributed by atoms with Crippen LogP contribution >= 0.6 is 15.9 Å². The maximum atomic E-state index is 11.2. The molecule has 2 atom stereocenters. The second-order valence-corrected chi connectivity index (χ2v) is 4.87. The Morgan fingerprint density at radius 1 is 1.53 bits per heavy atom. The fraction of sp³-hybridized carbons (Fsp3) is 0.462. The first kappa shape index (κ1) is 14.2. The number of methoxy groups -OCH3 is 1. The number of halogens is 1. The molecule has 2 unspecified atom stereocenters. The minimum Gasteiger partial charge on any atom is -0.467 e. The molecule has 0 aliphatic carbocycles. The van der Waals surface area contributed by atoms with Gasteiger partial charge in [-0.3, -0.25) is 0 Å². The standard InChI is InChI=1S/C13H17BrO3/c1-4-8(2)10-6-5-9(7-11(10)14)12(15)13(16)17-3/h5-8,12,15H,4H2,1-3H3. The van der Waals surface area contributed by atoms with E-state index in [1.165, 1.54) is 12.7 Å². The minimum absolute atomic E-state index is 0.439. The molecule has 0 fully saturated rings. The second kappa shape index (κ2) is 6.17. The van der Waals surface area contributed by atoms with E-state index in [-0.39, 0.29) is 0 Å². The fourth-order valence-electron chi connectivity index (χ4n) is 1.58. The number of carbonyl (C=O) groups is 1. The summed E-state index contributed by atoms with van der Waals surface area (Å²) in [5.74, 6) is -0.207. The number of hydrogen-bond donors (Lipinski definition) is 1. The van der Waals surface area contributed by atoms with E-state index in [2.05, 4.69) is 34.5 Å². The normalized spacial score (nSPS) is 14.2. The Morgan fingerprint density at radius 3 is 2.65 bits per heavy atom. The summed E-state index contributed by atoms with van der Waals surface area (Å²) >= 11 is 3.46. The van der Waals surface area contributed by atoms with E-state index in [4.69, 9.17) is 0 Å². The average molecular weight is 301 g/mol. The van der Waals surface area contributed by atoms with Gasteiger partial charge in [0.1, 0.15) is 0 Å². The Kier molecular flexibility index (Phi) is 5.15. The molecular weight excluding hydrogens is 284 g/mol. The number of carbonyl (C=O) groups excluding carboxylic acids is 1. The summed E-state index contributed by atoms with van der Waals surface area (Å²) in [5.41, 5.74) is 1.71. The van der Waals surface area contributed by atoms with Crippen molar-refractivity contribution in [2.24, 2.45) is 0 Å². The van der Waals surface area contributed by atoms with Gasteiger partial charge in [-0.2, -0.15) is 0 Å². The van der Waals surface area contributed by atoms with Crippen LogP contribution in [0.4, 0.5) is 0 Å². The number of ether oxygens (including phenoxy) is 1. The van der Waals surface area contributed by atoms with Crippen LogP contribution in [0.3, 0.4) is 0 Å². The molecule has 0 aliphatic heterocycles. The summed E-state index contributed by atoms with van der Waals surface area (Å²) in [6.07, 6.45) is -0.181. The van der Waals surface area contributed by atoms with Crippen LogP contribution in [0.15, 0.2) is 22.7 Å². The van der Waals surface area contributed by atoms with Crippen LogP contribution in [0.1, 0.15) is 43.4 Å². The van der Waals surface area contributed by atoms with Crippen molar-refractivity contribution in [1.82, 2.24) is 0 Å². The van der Waals surface area contributed by atoms with Gasteiger partial charge in [0.2, 0.25) is 0 Å². The lowest BCUT2D eigenvalue weighted by atomic mass is 9.96. The molecule has 0 saturated heterocycles. The third-order valence-electron chi connectivity index (χ3n) is 2.91. The molecule has 17 heavy (non-hydrogen) atoms. The molecule has 0 heterocycles. The van der Waals surface area contributed by atoms with Gasteiger partial charge in [-0.25, -0.2) is 4.79 Å². The highest BCUT2D eigenvalue weighted by atomic mass is 79.9. The maximum absolute atomic E-state index is 11.2. The van der Waals surface area contributed by atoms with Gasteiger partial charge >= 0.3 is 5.97 Å². The molecule has 0 amide bonds. The van der Waals surface area contributed by atoms with Crippen molar-refractivity contribution in [3.05, 3.63) is 33.8 Å². The van der Waals surface area contributed by atoms with E-state index in [1.807, 2.05) is 6.07 Å². The van der Waals surface area contributed by atoms with Crippen molar-refractivity contribution in [2.45, 2.75) is 32.3 Å². The van der Waals surface area contributed by atoms with Crippen molar-refractivity contribution in [1.29, 1.82) is 0 Å². The number of aliphatic hydroxyl groups is 1. The molecule has 0 bridgehead atoms. The van der Waals surface area contributed by atoms with Crippen LogP contribution in [0.25, 0.3) is 0 Å². The molecule has 94 valence electrons. The molecule has 1 aromatic rings. The lowest BCUT2D eigenvalue weighted by Crippen LogP contribution is -2.13. The number of benzene rings is 1. The van der Waals surface area contributed by atoms with Crippen LogP contribution < -0.4 is 0 Å². The molecular formula is C13H17BrO3. The number of esters is 1. The van der Waals surface area contributed by atoms with E-state index in [1.54, 1.807) is 12.1 Å². The first-order valence-corrected chi connectivity index (χ1v) is 6.35. The van der Waals surface area contributed by atoms with E-state index >= 15 is 0 Å². The molecule has 0 aromatic heterocycles. The summed E-state index contributed by atoms with van der Waals surface area (Å²) in [6, 6.07) is 5.46. The highest BCUT2D eigenvalue weighted by molar-refractivity contribution is 9.10. The monoisotopic (exact) mass is 300 g/mol. The van der Waals surface area contributed by atoms with Crippen molar-refractivity contribution < 1.29 is 14.6 Å². The maximum Gasteiger partial charge on any atom is 0.339 e. The third-order valence-corrected chi connectivity index (χ3v) is 3.59. The van der Waals surface area contributed by atoms with Crippen LogP contribution in [-0.4, -0.2) is 18.2 Å². The molecule has 1 N–H and O–H groups in total. The number of aliphatic hydroxyl groups excluding tert-OH is 1. The lowest BCUT2D eigenvalue weighted by Gasteiger charge is -2.14. The number of hydrogen-bond acceptors (Lipinski definition) is 3. The van der Waals surface area contributed by atoms with Crippen molar-refractivity contribution in [3.63, 3.8) is 0 Å². The van der Waals surface area contributed by atoms with Crippen LogP contribution in [0, 0.1) is 0 Å². The van der Waals surface area contributed by atoms with Crippen LogP contribution in [0.5, 0.6) is 0 Å². The summed E-state index contributed by atoms with van der Waals surface area (Å²) < 4.78 is 5.41. The van der Waals surface area contributed by atoms with Crippen LogP contribution in [-0.2, 0) is 9.53 Å². The molecule has 3 nitrogen and oxygen atoms in total. The van der Waals surface area contributed by atoms with E-state index in [9.17, 15) is 9.90 Å². The quantitative estimate of drug-likeness (QED) is 0.869. The summed E-state index contributed by atoms with van der Waals surface area (Å²) in [5, 5.41) is 9.70. The van der Waals surface area contributed by atoms with Crippen molar-refractivity contribution >= 4 is 21.9 Å². The summed E-state index contributed by atoms with van der Waals surface area (Å²) in [7, 11) is 1.26. The Labute approximate surface area is 110 Å². The van der Waals surface area contributed by atoms with Gasteiger partial charge in [-0.05, 0) is 29.5 Å². The first-order valence-electron chi connectivity index (χ1n) is 5.56. The zero-order valence-electron chi connectivity index (χ0n) is 10.2. The van der Waals surface area contributed by atoms with Gasteiger partial charge < -0.3 is 9.84 Å². The highest BCUT2D eigenvalue weighted by Gasteiger charge is 2.19. The van der Waals surface area contributed by atoms with Gasteiger partial charge in [0, 0.05) is 4.47 Å². The van der Waals surface area contributed by atoms with Gasteiger partial charge in [-0.1, -0.05) is 41.9 Å². The molecule has 4 heteroatoms. The first-order chi connectivity index (χ1) is 8.01. The fourth-order valence-corrected chi connectivity index (χ4v) is 2.37. The summed E-state index contributed by atoms with van der Waals surface area (Å²) in [6.45, 7) is 4.25. The van der Waals surface area contributed by atoms with E-state index in [0.29, 0.717) is 11.5 Å². The molecule has 0 radical (unpaired) electrons. The largest absolute Gasteiger partial charge is 0.467 e. The Bertz CT molecular complexity index is 404.